The predicted octanol–water partition coefficient (Wildman–Crippen LogP) is 2.38. The lowest BCUT2D eigenvalue weighted by Crippen LogP contribution is -2.37. The zero-order valence-electron chi connectivity index (χ0n) is 18.1. The molecule has 0 saturated carbocycles. The lowest BCUT2D eigenvalue weighted by Gasteiger charge is -2.30. The molecular weight excluding hydrogens is 404 g/mol. The molecule has 4 heterocycles. The summed E-state index contributed by atoms with van der Waals surface area (Å²) >= 11 is 0. The van der Waals surface area contributed by atoms with Crippen LogP contribution in [0.15, 0.2) is 48.7 Å². The van der Waals surface area contributed by atoms with Gasteiger partial charge in [-0.3, -0.25) is 4.98 Å². The van der Waals surface area contributed by atoms with Crippen LogP contribution in [0.25, 0.3) is 11.5 Å². The summed E-state index contributed by atoms with van der Waals surface area (Å²) in [5, 5.41) is 0. The molecule has 8 heteroatoms. The Hall–Kier alpha value is -3.23. The first-order valence-corrected chi connectivity index (χ1v) is 11.1. The fourth-order valence-electron chi connectivity index (χ4n) is 4.14. The van der Waals surface area contributed by atoms with Gasteiger partial charge in [-0.25, -0.2) is 9.97 Å². The van der Waals surface area contributed by atoms with E-state index in [-0.39, 0.29) is 0 Å². The van der Waals surface area contributed by atoms with Crippen molar-refractivity contribution in [2.24, 2.45) is 0 Å². The van der Waals surface area contributed by atoms with Crippen LogP contribution in [0.1, 0.15) is 11.1 Å². The highest BCUT2D eigenvalue weighted by molar-refractivity contribution is 5.65. The van der Waals surface area contributed by atoms with Crippen LogP contribution in [0.4, 0.5) is 17.3 Å². The van der Waals surface area contributed by atoms with Crippen LogP contribution >= 0.6 is 0 Å². The Morgan fingerprint density at radius 2 is 1.50 bits per heavy atom. The molecule has 1 aromatic carbocycles. The van der Waals surface area contributed by atoms with Crippen LogP contribution in [0.5, 0.6) is 0 Å². The standard InChI is InChI=1S/C24H28N6O2/c25-22-20(16-18-4-2-1-3-5-18)24(30-10-14-32-15-11-30)28-23(27-22)21-7-6-19(17-26-21)29-8-12-31-13-9-29/h1-7,17H,8-16H2,(H2,25,27,28). The van der Waals surface area contributed by atoms with Crippen molar-refractivity contribution < 1.29 is 9.47 Å². The lowest BCUT2D eigenvalue weighted by atomic mass is 10.1. The number of rotatable bonds is 5. The van der Waals surface area contributed by atoms with E-state index in [0.29, 0.717) is 31.3 Å². The number of anilines is 3. The van der Waals surface area contributed by atoms with Gasteiger partial charge in [-0.2, -0.15) is 0 Å². The number of aromatic nitrogens is 3. The number of pyridine rings is 1. The minimum Gasteiger partial charge on any atom is -0.383 e. The number of benzene rings is 1. The fourth-order valence-corrected chi connectivity index (χ4v) is 4.14. The van der Waals surface area contributed by atoms with Crippen LogP contribution in [0.2, 0.25) is 0 Å². The summed E-state index contributed by atoms with van der Waals surface area (Å²) in [6, 6.07) is 14.3. The topological polar surface area (TPSA) is 89.6 Å². The molecule has 5 rings (SSSR count). The van der Waals surface area contributed by atoms with Crippen LogP contribution in [-0.2, 0) is 15.9 Å². The molecule has 2 N–H and O–H groups in total. The van der Waals surface area contributed by atoms with Crippen molar-refractivity contribution in [3.8, 4) is 11.5 Å². The minimum atomic E-state index is 0.499. The number of nitrogen functional groups attached to an aromatic ring is 1. The van der Waals surface area contributed by atoms with E-state index >= 15 is 0 Å². The third kappa shape index (κ3) is 4.51. The van der Waals surface area contributed by atoms with E-state index in [4.69, 9.17) is 20.2 Å². The van der Waals surface area contributed by atoms with Crippen molar-refractivity contribution in [3.05, 3.63) is 59.8 Å². The summed E-state index contributed by atoms with van der Waals surface area (Å²) in [5.74, 6) is 1.92. The maximum absolute atomic E-state index is 6.50. The number of ether oxygens (including phenoxy) is 2. The summed E-state index contributed by atoms with van der Waals surface area (Å²) in [7, 11) is 0. The monoisotopic (exact) mass is 432 g/mol. The van der Waals surface area contributed by atoms with E-state index in [2.05, 4.69) is 38.0 Å². The van der Waals surface area contributed by atoms with E-state index in [0.717, 1.165) is 62.2 Å². The maximum atomic E-state index is 6.50. The number of nitrogens with two attached hydrogens (primary N) is 1. The van der Waals surface area contributed by atoms with Gasteiger partial charge in [-0.05, 0) is 17.7 Å². The Balaban J connectivity index is 1.48. The smallest absolute Gasteiger partial charge is 0.182 e. The van der Waals surface area contributed by atoms with E-state index < -0.39 is 0 Å². The molecule has 0 radical (unpaired) electrons. The van der Waals surface area contributed by atoms with Gasteiger partial charge in [0.2, 0.25) is 0 Å². The Kier molecular flexibility index (Phi) is 6.13. The van der Waals surface area contributed by atoms with Gasteiger partial charge in [0, 0.05) is 38.2 Å². The van der Waals surface area contributed by atoms with E-state index in [1.54, 1.807) is 0 Å². The molecule has 2 aliphatic rings. The van der Waals surface area contributed by atoms with Gasteiger partial charge < -0.3 is 25.0 Å². The molecule has 8 nitrogen and oxygen atoms in total. The molecular formula is C24H28N6O2. The van der Waals surface area contributed by atoms with Crippen molar-refractivity contribution in [2.75, 3.05) is 68.1 Å². The second-order valence-electron chi connectivity index (χ2n) is 8.00. The van der Waals surface area contributed by atoms with Crippen LogP contribution in [-0.4, -0.2) is 67.6 Å². The predicted molar refractivity (Wildman–Crippen MR) is 125 cm³/mol. The van der Waals surface area contributed by atoms with Gasteiger partial charge in [0.15, 0.2) is 5.82 Å². The molecule has 0 atom stereocenters. The third-order valence-corrected chi connectivity index (χ3v) is 5.90. The molecule has 0 unspecified atom stereocenters. The van der Waals surface area contributed by atoms with Gasteiger partial charge in [-0.1, -0.05) is 30.3 Å². The molecule has 32 heavy (non-hydrogen) atoms. The number of nitrogens with zero attached hydrogens (tertiary/aromatic N) is 5. The zero-order valence-corrected chi connectivity index (χ0v) is 18.1. The SMILES string of the molecule is Nc1nc(-c2ccc(N3CCOCC3)cn2)nc(N2CCOCC2)c1Cc1ccccc1. The average Bonchev–Trinajstić information content (AvgIpc) is 2.87. The molecule has 2 aliphatic heterocycles. The first kappa shape index (κ1) is 20.7. The molecule has 2 fully saturated rings. The number of hydrogen-bond acceptors (Lipinski definition) is 8. The Bertz CT molecular complexity index is 1030. The highest BCUT2D eigenvalue weighted by atomic mass is 16.5. The third-order valence-electron chi connectivity index (χ3n) is 5.90. The molecule has 0 bridgehead atoms. The van der Waals surface area contributed by atoms with E-state index in [9.17, 15) is 0 Å². The molecule has 166 valence electrons. The number of hydrogen-bond donors (Lipinski definition) is 1. The highest BCUT2D eigenvalue weighted by Gasteiger charge is 2.22. The highest BCUT2D eigenvalue weighted by Crippen LogP contribution is 2.29. The second-order valence-corrected chi connectivity index (χ2v) is 8.00. The van der Waals surface area contributed by atoms with Gasteiger partial charge >= 0.3 is 0 Å². The molecule has 2 aromatic heterocycles. The van der Waals surface area contributed by atoms with Gasteiger partial charge in [0.1, 0.15) is 17.3 Å². The van der Waals surface area contributed by atoms with Gasteiger partial charge in [0.05, 0.1) is 38.3 Å². The summed E-state index contributed by atoms with van der Waals surface area (Å²) in [6.07, 6.45) is 2.57. The first-order chi connectivity index (χ1) is 15.8. The Morgan fingerprint density at radius 1 is 0.812 bits per heavy atom. The van der Waals surface area contributed by atoms with E-state index in [1.807, 2.05) is 30.5 Å². The van der Waals surface area contributed by atoms with Crippen LogP contribution in [0, 0.1) is 0 Å². The van der Waals surface area contributed by atoms with Crippen LogP contribution < -0.4 is 15.5 Å². The summed E-state index contributed by atoms with van der Waals surface area (Å²) in [6.45, 7) is 6.15. The normalized spacial score (nSPS) is 16.9. The lowest BCUT2D eigenvalue weighted by molar-refractivity contribution is 0.122. The van der Waals surface area contributed by atoms with Crippen molar-refractivity contribution in [2.45, 2.75) is 6.42 Å². The minimum absolute atomic E-state index is 0.499. The zero-order chi connectivity index (χ0) is 21.8. The summed E-state index contributed by atoms with van der Waals surface area (Å²) in [5.41, 5.74) is 10.4. The van der Waals surface area contributed by atoms with Crippen molar-refractivity contribution >= 4 is 17.3 Å². The second kappa shape index (κ2) is 9.50. The molecule has 2 saturated heterocycles. The molecule has 0 amide bonds. The van der Waals surface area contributed by atoms with Crippen molar-refractivity contribution in [1.29, 1.82) is 0 Å². The molecule has 3 aromatic rings. The van der Waals surface area contributed by atoms with Gasteiger partial charge in [0.25, 0.3) is 0 Å². The quantitative estimate of drug-likeness (QED) is 0.657. The summed E-state index contributed by atoms with van der Waals surface area (Å²) in [4.78, 5) is 18.8. The maximum Gasteiger partial charge on any atom is 0.182 e. The number of morpholine rings is 2. The molecule has 0 spiro atoms. The largest absolute Gasteiger partial charge is 0.383 e. The first-order valence-electron chi connectivity index (χ1n) is 11.1. The van der Waals surface area contributed by atoms with Crippen molar-refractivity contribution in [1.82, 2.24) is 15.0 Å². The van der Waals surface area contributed by atoms with Crippen LogP contribution in [0.3, 0.4) is 0 Å². The fraction of sp³-hybridized carbons (Fsp3) is 0.375. The van der Waals surface area contributed by atoms with E-state index in [1.165, 1.54) is 5.56 Å². The summed E-state index contributed by atoms with van der Waals surface area (Å²) < 4.78 is 11.0. The Morgan fingerprint density at radius 3 is 2.16 bits per heavy atom. The molecule has 0 aliphatic carbocycles. The average molecular weight is 433 g/mol. The Labute approximate surface area is 188 Å². The van der Waals surface area contributed by atoms with Gasteiger partial charge in [-0.15, -0.1) is 0 Å². The van der Waals surface area contributed by atoms with Crippen molar-refractivity contribution in [3.63, 3.8) is 0 Å².